The fourth-order valence-electron chi connectivity index (χ4n) is 7.46. The van der Waals surface area contributed by atoms with Gasteiger partial charge < -0.3 is 14.2 Å². The molecule has 0 fully saturated rings. The molecule has 1 unspecified atom stereocenters. The van der Waals surface area contributed by atoms with Crippen LogP contribution in [0.2, 0.25) is 0 Å². The minimum absolute atomic E-state index is 0.104. The Hall–Kier alpha value is -3.67. The highest BCUT2D eigenvalue weighted by molar-refractivity contribution is 5.71. The highest BCUT2D eigenvalue weighted by Gasteiger charge is 2.19. The van der Waals surface area contributed by atoms with Gasteiger partial charge in [-0.3, -0.25) is 14.4 Å². The van der Waals surface area contributed by atoms with Crippen LogP contribution in [0.5, 0.6) is 0 Å². The smallest absolute Gasteiger partial charge is 0.306 e. The third-order valence-corrected chi connectivity index (χ3v) is 11.6. The molecule has 0 aromatic rings. The number of ether oxygens (including phenoxy) is 3. The van der Waals surface area contributed by atoms with Gasteiger partial charge in [-0.15, -0.1) is 0 Å². The summed E-state index contributed by atoms with van der Waals surface area (Å²) in [6.07, 6.45) is 72.6. The van der Waals surface area contributed by atoms with Crippen molar-refractivity contribution in [2.75, 3.05) is 13.2 Å². The van der Waals surface area contributed by atoms with E-state index in [1.165, 1.54) is 116 Å². The van der Waals surface area contributed by atoms with Crippen molar-refractivity contribution in [2.24, 2.45) is 0 Å². The van der Waals surface area contributed by atoms with Gasteiger partial charge >= 0.3 is 17.9 Å². The molecule has 67 heavy (non-hydrogen) atoms. The molecule has 0 aliphatic heterocycles. The Morgan fingerprint density at radius 1 is 0.328 bits per heavy atom. The van der Waals surface area contributed by atoms with Crippen LogP contribution >= 0.6 is 0 Å². The van der Waals surface area contributed by atoms with Crippen LogP contribution in [0.3, 0.4) is 0 Å². The summed E-state index contributed by atoms with van der Waals surface area (Å²) in [5.41, 5.74) is 0. The number of esters is 3. The van der Waals surface area contributed by atoms with Crippen LogP contribution in [-0.2, 0) is 28.6 Å². The van der Waals surface area contributed by atoms with Crippen LogP contribution in [0, 0.1) is 0 Å². The molecule has 0 aliphatic carbocycles. The van der Waals surface area contributed by atoms with Gasteiger partial charge in [-0.25, -0.2) is 0 Å². The van der Waals surface area contributed by atoms with Gasteiger partial charge in [-0.05, 0) is 83.5 Å². The first-order valence-electron chi connectivity index (χ1n) is 27.8. The minimum Gasteiger partial charge on any atom is -0.462 e. The minimum atomic E-state index is -0.813. The van der Waals surface area contributed by atoms with E-state index in [1.54, 1.807) is 0 Å². The molecule has 0 N–H and O–H groups in total. The maximum Gasteiger partial charge on any atom is 0.306 e. The molecule has 0 rings (SSSR count). The zero-order chi connectivity index (χ0) is 48.6. The number of allylic oxidation sites excluding steroid dienone is 16. The molecule has 0 saturated heterocycles. The van der Waals surface area contributed by atoms with Gasteiger partial charge in [0, 0.05) is 19.3 Å². The van der Waals surface area contributed by atoms with Gasteiger partial charge in [0.2, 0.25) is 0 Å². The van der Waals surface area contributed by atoms with E-state index in [1.807, 2.05) is 6.08 Å². The molecule has 6 heteroatoms. The second-order valence-corrected chi connectivity index (χ2v) is 18.1. The van der Waals surface area contributed by atoms with E-state index in [-0.39, 0.29) is 37.5 Å². The van der Waals surface area contributed by atoms with Gasteiger partial charge in [0.05, 0.1) is 0 Å². The molecule has 6 nitrogen and oxygen atoms in total. The molecule has 1 atom stereocenters. The summed E-state index contributed by atoms with van der Waals surface area (Å²) in [4.78, 5) is 38.1. The average Bonchev–Trinajstić information content (AvgIpc) is 3.33. The molecule has 0 aliphatic rings. The van der Waals surface area contributed by atoms with Gasteiger partial charge in [0.25, 0.3) is 0 Å². The average molecular weight is 931 g/mol. The third kappa shape index (κ3) is 53.2. The molecular formula is C61H102O6. The molecule has 0 saturated carbocycles. The lowest BCUT2D eigenvalue weighted by atomic mass is 10.0. The van der Waals surface area contributed by atoms with Crippen molar-refractivity contribution in [1.82, 2.24) is 0 Å². The van der Waals surface area contributed by atoms with Crippen molar-refractivity contribution >= 4 is 17.9 Å². The summed E-state index contributed by atoms with van der Waals surface area (Å²) < 4.78 is 16.8. The van der Waals surface area contributed by atoms with Crippen molar-refractivity contribution < 1.29 is 28.6 Å². The molecule has 382 valence electrons. The topological polar surface area (TPSA) is 78.9 Å². The van der Waals surface area contributed by atoms with E-state index in [4.69, 9.17) is 14.2 Å². The monoisotopic (exact) mass is 931 g/mol. The normalized spacial score (nSPS) is 12.8. The van der Waals surface area contributed by atoms with Crippen molar-refractivity contribution in [3.05, 3.63) is 97.2 Å². The fraction of sp³-hybridized carbons (Fsp3) is 0.689. The number of unbranched alkanes of at least 4 members (excludes halogenated alkanes) is 23. The Morgan fingerprint density at radius 2 is 0.657 bits per heavy atom. The van der Waals surface area contributed by atoms with E-state index >= 15 is 0 Å². The Morgan fingerprint density at radius 3 is 1.09 bits per heavy atom. The molecule has 0 amide bonds. The van der Waals surface area contributed by atoms with E-state index < -0.39 is 6.10 Å². The standard InChI is InChI=1S/C61H102O6/c1-4-7-10-13-16-19-22-25-28-29-30-31-34-36-39-42-45-48-51-54-60(63)66-57-58(67-61(64)55-52-49-46-43-40-37-33-27-24-21-18-15-12-9-6-3)56-65-59(62)53-50-47-44-41-38-35-32-26-23-20-17-14-11-8-5-2/h7,10,16,18-19,21,24-25,27-28,30-31,36,39,45,48,58H,4-6,8-9,11-15,17,20,22-23,26,29,32-35,37-38,40-44,46-47,49-57H2,1-3H3/b10-7-,19-16-,21-18-,27-24-,28-25-,31-30-,39-36-,48-45-. The number of hydrogen-bond acceptors (Lipinski definition) is 6. The van der Waals surface area contributed by atoms with Crippen LogP contribution in [0.4, 0.5) is 0 Å². The summed E-state index contributed by atoms with van der Waals surface area (Å²) in [5, 5.41) is 0. The SMILES string of the molecule is CC/C=C\C/C=C\C/C=C\C/C=C\C/C=C\C/C=C\CCC(=O)OCC(COC(=O)CCCCCCCCCCCCCCCCC)OC(=O)CCCCCCCC/C=C\C=C/CCCCC. The zero-order valence-corrected chi connectivity index (χ0v) is 43.6. The van der Waals surface area contributed by atoms with Crippen LogP contribution in [-0.4, -0.2) is 37.2 Å². The first-order chi connectivity index (χ1) is 33.0. The Labute approximate surface area is 413 Å². The molecule has 0 radical (unpaired) electrons. The lowest BCUT2D eigenvalue weighted by Crippen LogP contribution is -2.30. The van der Waals surface area contributed by atoms with E-state index in [0.717, 1.165) is 89.9 Å². The van der Waals surface area contributed by atoms with Gasteiger partial charge in [-0.2, -0.15) is 0 Å². The van der Waals surface area contributed by atoms with E-state index in [9.17, 15) is 14.4 Å². The van der Waals surface area contributed by atoms with E-state index in [0.29, 0.717) is 19.3 Å². The molecule has 0 aromatic heterocycles. The van der Waals surface area contributed by atoms with Crippen molar-refractivity contribution in [2.45, 2.75) is 258 Å². The Bertz CT molecular complexity index is 1350. The molecule has 0 bridgehead atoms. The molecule has 0 spiro atoms. The Balaban J connectivity index is 4.51. The van der Waals surface area contributed by atoms with Crippen molar-refractivity contribution in [3.8, 4) is 0 Å². The molecule has 0 heterocycles. The lowest BCUT2D eigenvalue weighted by Gasteiger charge is -2.18. The second kappa shape index (κ2) is 54.9. The van der Waals surface area contributed by atoms with Crippen LogP contribution < -0.4 is 0 Å². The maximum absolute atomic E-state index is 12.8. The van der Waals surface area contributed by atoms with Crippen molar-refractivity contribution in [3.63, 3.8) is 0 Å². The first-order valence-corrected chi connectivity index (χ1v) is 27.8. The quantitative estimate of drug-likeness (QED) is 0.0199. The second-order valence-electron chi connectivity index (χ2n) is 18.1. The van der Waals surface area contributed by atoms with Crippen molar-refractivity contribution in [1.29, 1.82) is 0 Å². The Kier molecular flexibility index (Phi) is 51.9. The maximum atomic E-state index is 12.8. The van der Waals surface area contributed by atoms with Gasteiger partial charge in [0.15, 0.2) is 6.10 Å². The molecular weight excluding hydrogens is 829 g/mol. The highest BCUT2D eigenvalue weighted by atomic mass is 16.6. The van der Waals surface area contributed by atoms with Crippen LogP contribution in [0.1, 0.15) is 252 Å². The number of carbonyl (C=O) groups is 3. The number of carbonyl (C=O) groups excluding carboxylic acids is 3. The van der Waals surface area contributed by atoms with Gasteiger partial charge in [0.1, 0.15) is 13.2 Å². The first kappa shape index (κ1) is 63.3. The number of hydrogen-bond donors (Lipinski definition) is 0. The zero-order valence-electron chi connectivity index (χ0n) is 43.6. The predicted molar refractivity (Wildman–Crippen MR) is 288 cm³/mol. The summed E-state index contributed by atoms with van der Waals surface area (Å²) in [7, 11) is 0. The number of rotatable bonds is 49. The van der Waals surface area contributed by atoms with Gasteiger partial charge in [-0.1, -0.05) is 246 Å². The van der Waals surface area contributed by atoms with Crippen LogP contribution in [0.15, 0.2) is 97.2 Å². The fourth-order valence-corrected chi connectivity index (χ4v) is 7.46. The summed E-state index contributed by atoms with van der Waals surface area (Å²) in [6.45, 7) is 6.43. The summed E-state index contributed by atoms with van der Waals surface area (Å²) >= 11 is 0. The lowest BCUT2D eigenvalue weighted by molar-refractivity contribution is -0.166. The highest BCUT2D eigenvalue weighted by Crippen LogP contribution is 2.15. The summed E-state index contributed by atoms with van der Waals surface area (Å²) in [5.74, 6) is -1.00. The predicted octanol–water partition coefficient (Wildman–Crippen LogP) is 18.5. The molecule has 0 aromatic carbocycles. The third-order valence-electron chi connectivity index (χ3n) is 11.6. The largest absolute Gasteiger partial charge is 0.462 e. The van der Waals surface area contributed by atoms with E-state index in [2.05, 4.69) is 112 Å². The van der Waals surface area contributed by atoms with Crippen LogP contribution in [0.25, 0.3) is 0 Å². The summed E-state index contributed by atoms with van der Waals surface area (Å²) in [6, 6.07) is 0.